The first-order valence-corrected chi connectivity index (χ1v) is 8.67. The molecule has 2 nitrogen and oxygen atoms in total. The van der Waals surface area contributed by atoms with Crippen LogP contribution in [0, 0.1) is 11.8 Å². The first kappa shape index (κ1) is 18.0. The van der Waals surface area contributed by atoms with Crippen molar-refractivity contribution in [2.24, 2.45) is 0 Å². The normalized spacial score (nSPS) is 21.7. The molecule has 0 spiro atoms. The van der Waals surface area contributed by atoms with Crippen molar-refractivity contribution in [2.75, 3.05) is 0 Å². The van der Waals surface area contributed by atoms with Crippen molar-refractivity contribution in [1.29, 1.82) is 0 Å². The monoisotopic (exact) mass is 350 g/mol. The Morgan fingerprint density at radius 2 is 1.85 bits per heavy atom. The highest BCUT2D eigenvalue weighted by molar-refractivity contribution is 5.45. The fourth-order valence-electron chi connectivity index (χ4n) is 3.12. The number of nitrogens with zero attached hydrogens (tertiary/aromatic N) is 2. The van der Waals surface area contributed by atoms with Gasteiger partial charge >= 0.3 is 0 Å². The van der Waals surface area contributed by atoms with Crippen molar-refractivity contribution >= 4 is 0 Å². The molecule has 132 valence electrons. The summed E-state index contributed by atoms with van der Waals surface area (Å²) in [7, 11) is 0. The Balaban J connectivity index is 2.01. The first-order valence-electron chi connectivity index (χ1n) is 8.67. The van der Waals surface area contributed by atoms with Crippen LogP contribution in [0.1, 0.15) is 48.7 Å². The molecule has 1 aromatic carbocycles. The van der Waals surface area contributed by atoms with E-state index in [1.54, 1.807) is 49.7 Å². The summed E-state index contributed by atoms with van der Waals surface area (Å²) in [6.45, 7) is 3.80. The Morgan fingerprint density at radius 3 is 2.46 bits per heavy atom. The van der Waals surface area contributed by atoms with Crippen LogP contribution in [0.15, 0.2) is 60.7 Å². The van der Waals surface area contributed by atoms with Crippen LogP contribution in [-0.2, 0) is 12.1 Å². The van der Waals surface area contributed by atoms with Gasteiger partial charge in [-0.1, -0.05) is 43.5 Å². The maximum atomic E-state index is 16.0. The van der Waals surface area contributed by atoms with Gasteiger partial charge in [0.2, 0.25) is 0 Å². The summed E-state index contributed by atoms with van der Waals surface area (Å²) in [4.78, 5) is 8.61. The molecule has 1 aliphatic rings. The summed E-state index contributed by atoms with van der Waals surface area (Å²) < 4.78 is 30.7. The second-order valence-electron chi connectivity index (χ2n) is 6.24. The van der Waals surface area contributed by atoms with E-state index in [2.05, 4.69) is 28.7 Å². The zero-order chi connectivity index (χ0) is 18.6. The Morgan fingerprint density at radius 1 is 1.15 bits per heavy atom. The van der Waals surface area contributed by atoms with Gasteiger partial charge in [-0.15, -0.1) is 5.92 Å². The van der Waals surface area contributed by atoms with Crippen LogP contribution in [-0.4, -0.2) is 9.97 Å². The number of aromatic nitrogens is 2. The molecule has 4 heteroatoms. The number of rotatable bonds is 4. The molecule has 1 aromatic heterocycles. The van der Waals surface area contributed by atoms with Crippen LogP contribution >= 0.6 is 0 Å². The average Bonchev–Trinajstić information content (AvgIpc) is 2.66. The third-order valence-corrected chi connectivity index (χ3v) is 4.44. The quantitative estimate of drug-likeness (QED) is 0.711. The van der Waals surface area contributed by atoms with Crippen LogP contribution in [0.4, 0.5) is 8.78 Å². The smallest absolute Gasteiger partial charge is 0.200 e. The molecule has 26 heavy (non-hydrogen) atoms. The lowest BCUT2D eigenvalue weighted by atomic mass is 9.78. The Bertz CT molecular complexity index is 886. The maximum absolute atomic E-state index is 16.0. The van der Waals surface area contributed by atoms with Crippen LogP contribution in [0.2, 0.25) is 0 Å². The summed E-state index contributed by atoms with van der Waals surface area (Å²) in [5.41, 5.74) is -0.367. The average molecular weight is 350 g/mol. The first-order chi connectivity index (χ1) is 12.6. The highest BCUT2D eigenvalue weighted by Crippen LogP contribution is 2.48. The predicted molar refractivity (Wildman–Crippen MR) is 98.9 cm³/mol. The number of halogens is 2. The van der Waals surface area contributed by atoms with E-state index in [-0.39, 0.29) is 11.4 Å². The molecule has 0 saturated heterocycles. The van der Waals surface area contributed by atoms with Gasteiger partial charge in [0.25, 0.3) is 0 Å². The fraction of sp³-hybridized carbons (Fsp3) is 0.273. The van der Waals surface area contributed by atoms with Gasteiger partial charge in [0.05, 0.1) is 5.92 Å². The molecule has 2 atom stereocenters. The summed E-state index contributed by atoms with van der Waals surface area (Å²) >= 11 is 0. The Labute approximate surface area is 152 Å². The van der Waals surface area contributed by atoms with Gasteiger partial charge in [0.1, 0.15) is 11.7 Å². The topological polar surface area (TPSA) is 25.8 Å². The van der Waals surface area contributed by atoms with Crippen molar-refractivity contribution in [3.8, 4) is 11.8 Å². The van der Waals surface area contributed by atoms with Gasteiger partial charge in [0.15, 0.2) is 5.67 Å². The lowest BCUT2D eigenvalue weighted by molar-refractivity contribution is 0.148. The number of aryl methyl sites for hydroxylation is 1. The molecule has 0 fully saturated rings. The summed E-state index contributed by atoms with van der Waals surface area (Å²) in [6.07, 6.45) is 9.49. The number of benzene rings is 1. The zero-order valence-electron chi connectivity index (χ0n) is 14.8. The molecule has 0 amide bonds. The zero-order valence-corrected chi connectivity index (χ0v) is 14.8. The number of hydrogen-bond donors (Lipinski definition) is 0. The van der Waals surface area contributed by atoms with Crippen LogP contribution in [0.25, 0.3) is 0 Å². The SMILES string of the molecule is CC#Cc1ccc(C2(F)C(F)=CC=CC2c2ncc(CCC)cn2)cc1. The molecule has 0 N–H and O–H groups in total. The third kappa shape index (κ3) is 3.30. The van der Waals surface area contributed by atoms with E-state index in [1.165, 1.54) is 6.08 Å². The molecule has 1 heterocycles. The number of allylic oxidation sites excluding steroid dienone is 4. The van der Waals surface area contributed by atoms with E-state index >= 15 is 4.39 Å². The minimum Gasteiger partial charge on any atom is -0.240 e. The lowest BCUT2D eigenvalue weighted by Gasteiger charge is -2.32. The van der Waals surface area contributed by atoms with E-state index in [1.807, 2.05) is 0 Å². The molecule has 3 rings (SSSR count). The van der Waals surface area contributed by atoms with Gasteiger partial charge in [-0.05, 0) is 42.7 Å². The van der Waals surface area contributed by atoms with E-state index in [9.17, 15) is 4.39 Å². The minimum atomic E-state index is -2.33. The highest BCUT2D eigenvalue weighted by atomic mass is 19.2. The Kier molecular flexibility index (Phi) is 5.27. The molecule has 1 aliphatic carbocycles. The minimum absolute atomic E-state index is 0.225. The second kappa shape index (κ2) is 7.61. The number of alkyl halides is 1. The largest absolute Gasteiger partial charge is 0.240 e. The third-order valence-electron chi connectivity index (χ3n) is 4.44. The molecular formula is C22H20F2N2. The fourth-order valence-corrected chi connectivity index (χ4v) is 3.12. The van der Waals surface area contributed by atoms with Crippen LogP contribution < -0.4 is 0 Å². The van der Waals surface area contributed by atoms with Crippen molar-refractivity contribution < 1.29 is 8.78 Å². The molecule has 0 radical (unpaired) electrons. The van der Waals surface area contributed by atoms with Gasteiger partial charge in [0, 0.05) is 18.0 Å². The van der Waals surface area contributed by atoms with Crippen molar-refractivity contribution in [3.05, 3.63) is 83.2 Å². The summed E-state index contributed by atoms with van der Waals surface area (Å²) in [5.74, 6) is 4.19. The highest BCUT2D eigenvalue weighted by Gasteiger charge is 2.47. The molecular weight excluding hydrogens is 330 g/mol. The summed E-state index contributed by atoms with van der Waals surface area (Å²) in [6, 6.07) is 6.54. The maximum Gasteiger partial charge on any atom is 0.200 e. The predicted octanol–water partition coefficient (Wildman–Crippen LogP) is 5.17. The van der Waals surface area contributed by atoms with Crippen LogP contribution in [0.5, 0.6) is 0 Å². The van der Waals surface area contributed by atoms with Crippen molar-refractivity contribution in [3.63, 3.8) is 0 Å². The van der Waals surface area contributed by atoms with Gasteiger partial charge in [-0.25, -0.2) is 18.7 Å². The molecule has 0 bridgehead atoms. The number of hydrogen-bond acceptors (Lipinski definition) is 2. The second-order valence-corrected chi connectivity index (χ2v) is 6.24. The molecule has 2 aromatic rings. The standard InChI is InChI=1S/C22H20F2N2/c1-3-6-16-10-12-18(13-11-16)22(24)19(8-5-9-20(22)23)21-25-14-17(7-4-2)15-26-21/h5,8-15,19H,4,7H2,1-2H3. The van der Waals surface area contributed by atoms with Gasteiger partial charge in [-0.2, -0.15) is 0 Å². The van der Waals surface area contributed by atoms with Gasteiger partial charge < -0.3 is 0 Å². The van der Waals surface area contributed by atoms with Crippen molar-refractivity contribution in [1.82, 2.24) is 9.97 Å². The molecule has 0 saturated carbocycles. The molecule has 0 aliphatic heterocycles. The van der Waals surface area contributed by atoms with E-state index in [0.29, 0.717) is 0 Å². The van der Waals surface area contributed by atoms with E-state index in [0.717, 1.165) is 30.0 Å². The lowest BCUT2D eigenvalue weighted by Crippen LogP contribution is -2.31. The van der Waals surface area contributed by atoms with Crippen LogP contribution in [0.3, 0.4) is 0 Å². The van der Waals surface area contributed by atoms with E-state index < -0.39 is 17.4 Å². The summed E-state index contributed by atoms with van der Waals surface area (Å²) in [5, 5.41) is 0. The van der Waals surface area contributed by atoms with Crippen molar-refractivity contribution in [2.45, 2.75) is 38.3 Å². The Hall–Kier alpha value is -2.80. The van der Waals surface area contributed by atoms with Gasteiger partial charge in [-0.3, -0.25) is 0 Å². The molecule has 2 unspecified atom stereocenters. The van der Waals surface area contributed by atoms with E-state index in [4.69, 9.17) is 0 Å².